The molecule has 0 aliphatic heterocycles. The highest BCUT2D eigenvalue weighted by Gasteiger charge is 2.32. The molecule has 0 aliphatic rings. The van der Waals surface area contributed by atoms with Gasteiger partial charge in [0.2, 0.25) is 5.91 Å². The van der Waals surface area contributed by atoms with E-state index in [4.69, 9.17) is 0 Å². The summed E-state index contributed by atoms with van der Waals surface area (Å²) in [6, 6.07) is 3.60. The van der Waals surface area contributed by atoms with Crippen molar-refractivity contribution in [3.05, 3.63) is 29.6 Å². The van der Waals surface area contributed by atoms with Gasteiger partial charge in [0.15, 0.2) is 0 Å². The number of nitrogens with zero attached hydrogens (tertiary/aromatic N) is 1. The van der Waals surface area contributed by atoms with E-state index in [-0.39, 0.29) is 18.1 Å². The van der Waals surface area contributed by atoms with Crippen LogP contribution in [0.25, 0.3) is 0 Å². The summed E-state index contributed by atoms with van der Waals surface area (Å²) in [6.45, 7) is 1.67. The van der Waals surface area contributed by atoms with E-state index < -0.39 is 11.9 Å². The van der Waals surface area contributed by atoms with Gasteiger partial charge in [-0.1, -0.05) is 13.0 Å². The number of hydrogen-bond donors (Lipinski definition) is 1. The van der Waals surface area contributed by atoms with Crippen LogP contribution in [0.2, 0.25) is 0 Å². The first kappa shape index (κ1) is 12.5. The molecule has 0 radical (unpaired) electrons. The normalized spacial score (nSPS) is 11.2. The zero-order valence-corrected chi connectivity index (χ0v) is 8.64. The van der Waals surface area contributed by atoms with Crippen LogP contribution in [0.5, 0.6) is 0 Å². The number of carbonyl (C=O) groups is 1. The highest BCUT2D eigenvalue weighted by atomic mass is 19.4. The van der Waals surface area contributed by atoms with Crippen LogP contribution < -0.4 is 5.32 Å². The van der Waals surface area contributed by atoms with Gasteiger partial charge in [-0.3, -0.25) is 4.79 Å². The van der Waals surface area contributed by atoms with E-state index in [2.05, 4.69) is 10.3 Å². The van der Waals surface area contributed by atoms with Gasteiger partial charge >= 0.3 is 6.18 Å². The van der Waals surface area contributed by atoms with E-state index >= 15 is 0 Å². The molecule has 1 N–H and O–H groups in total. The molecule has 1 heterocycles. The van der Waals surface area contributed by atoms with Crippen LogP contribution >= 0.6 is 0 Å². The topological polar surface area (TPSA) is 42.0 Å². The summed E-state index contributed by atoms with van der Waals surface area (Å²) >= 11 is 0. The number of amides is 1. The molecule has 1 rings (SSSR count). The van der Waals surface area contributed by atoms with E-state index in [1.165, 1.54) is 12.1 Å². The minimum atomic E-state index is -4.45. The van der Waals surface area contributed by atoms with Crippen LogP contribution in [0, 0.1) is 0 Å². The van der Waals surface area contributed by atoms with Crippen molar-refractivity contribution in [3.63, 3.8) is 0 Å². The predicted octanol–water partition coefficient (Wildman–Crippen LogP) is 2.13. The maximum absolute atomic E-state index is 12.3. The second-order valence-corrected chi connectivity index (χ2v) is 3.14. The summed E-state index contributed by atoms with van der Waals surface area (Å²) in [5, 5.41) is 2.46. The number of hydrogen-bond acceptors (Lipinski definition) is 2. The summed E-state index contributed by atoms with van der Waals surface area (Å²) in [6.07, 6.45) is -4.16. The van der Waals surface area contributed by atoms with Gasteiger partial charge in [0.1, 0.15) is 5.69 Å². The molecule has 16 heavy (non-hydrogen) atoms. The van der Waals surface area contributed by atoms with Crippen molar-refractivity contribution < 1.29 is 18.0 Å². The number of nitrogens with one attached hydrogen (secondary N) is 1. The molecule has 0 unspecified atom stereocenters. The second-order valence-electron chi connectivity index (χ2n) is 3.14. The van der Waals surface area contributed by atoms with Gasteiger partial charge in [-0.2, -0.15) is 13.2 Å². The largest absolute Gasteiger partial charge is 0.433 e. The molecule has 0 bridgehead atoms. The number of halogens is 3. The zero-order chi connectivity index (χ0) is 12.2. The van der Waals surface area contributed by atoms with Gasteiger partial charge in [-0.05, 0) is 12.1 Å². The molecule has 0 aromatic carbocycles. The van der Waals surface area contributed by atoms with Crippen LogP contribution in [-0.2, 0) is 17.5 Å². The minimum Gasteiger partial charge on any atom is -0.350 e. The van der Waals surface area contributed by atoms with Gasteiger partial charge in [0.25, 0.3) is 0 Å². The molecule has 88 valence electrons. The molecule has 1 aromatic rings. The zero-order valence-electron chi connectivity index (χ0n) is 8.64. The lowest BCUT2D eigenvalue weighted by Crippen LogP contribution is -2.22. The minimum absolute atomic E-state index is 0.0105. The quantitative estimate of drug-likeness (QED) is 0.867. The smallest absolute Gasteiger partial charge is 0.350 e. The highest BCUT2D eigenvalue weighted by Crippen LogP contribution is 2.27. The van der Waals surface area contributed by atoms with Crippen molar-refractivity contribution in [1.82, 2.24) is 10.3 Å². The Labute approximate surface area is 90.7 Å². The lowest BCUT2D eigenvalue weighted by molar-refractivity contribution is -0.141. The molecule has 3 nitrogen and oxygen atoms in total. The van der Waals surface area contributed by atoms with Crippen molar-refractivity contribution in [3.8, 4) is 0 Å². The third kappa shape index (κ3) is 3.52. The number of rotatable bonds is 3. The Kier molecular flexibility index (Phi) is 3.87. The number of aromatic nitrogens is 1. The summed E-state index contributed by atoms with van der Waals surface area (Å²) in [5.41, 5.74) is -0.757. The van der Waals surface area contributed by atoms with E-state index in [0.717, 1.165) is 6.07 Å². The Morgan fingerprint density at radius 3 is 2.69 bits per heavy atom. The number of alkyl halides is 3. The van der Waals surface area contributed by atoms with Crippen molar-refractivity contribution in [2.24, 2.45) is 0 Å². The molecule has 0 aliphatic carbocycles. The first-order chi connectivity index (χ1) is 7.43. The van der Waals surface area contributed by atoms with Gasteiger partial charge in [-0.15, -0.1) is 0 Å². The molecule has 0 saturated carbocycles. The van der Waals surface area contributed by atoms with E-state index in [1.54, 1.807) is 6.92 Å². The van der Waals surface area contributed by atoms with Crippen LogP contribution in [0.4, 0.5) is 13.2 Å². The third-order valence-corrected chi connectivity index (χ3v) is 1.88. The van der Waals surface area contributed by atoms with Crippen LogP contribution in [0.3, 0.4) is 0 Å². The van der Waals surface area contributed by atoms with Crippen molar-refractivity contribution in [2.45, 2.75) is 26.1 Å². The summed E-state index contributed by atoms with van der Waals surface area (Å²) in [5.74, 6) is -0.223. The fraction of sp³-hybridized carbons (Fsp3) is 0.400. The average molecular weight is 232 g/mol. The maximum Gasteiger partial charge on any atom is 0.433 e. The third-order valence-electron chi connectivity index (χ3n) is 1.88. The Hall–Kier alpha value is -1.59. The highest BCUT2D eigenvalue weighted by molar-refractivity contribution is 5.75. The molecule has 0 saturated heterocycles. The van der Waals surface area contributed by atoms with Gasteiger partial charge in [-0.25, -0.2) is 4.98 Å². The Morgan fingerprint density at radius 1 is 1.44 bits per heavy atom. The average Bonchev–Trinajstić information content (AvgIpc) is 2.25. The Balaban J connectivity index is 2.72. The monoisotopic (exact) mass is 232 g/mol. The SMILES string of the molecule is CCC(=O)NCc1cccc(C(F)(F)F)n1. The van der Waals surface area contributed by atoms with Gasteiger partial charge in [0.05, 0.1) is 12.2 Å². The molecule has 0 fully saturated rings. The van der Waals surface area contributed by atoms with Crippen molar-refractivity contribution in [1.29, 1.82) is 0 Å². The predicted molar refractivity (Wildman–Crippen MR) is 51.4 cm³/mol. The first-order valence-corrected chi connectivity index (χ1v) is 4.73. The van der Waals surface area contributed by atoms with Crippen molar-refractivity contribution in [2.75, 3.05) is 0 Å². The molecular formula is C10H11F3N2O. The standard InChI is InChI=1S/C10H11F3N2O/c1-2-9(16)14-6-7-4-3-5-8(15-7)10(11,12)13/h3-5H,2,6H2,1H3,(H,14,16). The Morgan fingerprint density at radius 2 is 2.12 bits per heavy atom. The number of carbonyl (C=O) groups excluding carboxylic acids is 1. The van der Waals surface area contributed by atoms with Crippen LogP contribution in [0.1, 0.15) is 24.7 Å². The molecular weight excluding hydrogens is 221 g/mol. The lowest BCUT2D eigenvalue weighted by Gasteiger charge is -2.08. The Bertz CT molecular complexity index is 377. The van der Waals surface area contributed by atoms with Gasteiger partial charge < -0.3 is 5.32 Å². The van der Waals surface area contributed by atoms with Crippen LogP contribution in [0.15, 0.2) is 18.2 Å². The van der Waals surface area contributed by atoms with E-state index in [1.807, 2.05) is 0 Å². The number of pyridine rings is 1. The molecule has 0 atom stereocenters. The summed E-state index contributed by atoms with van der Waals surface area (Å²) in [4.78, 5) is 14.3. The summed E-state index contributed by atoms with van der Waals surface area (Å²) in [7, 11) is 0. The van der Waals surface area contributed by atoms with E-state index in [0.29, 0.717) is 6.42 Å². The fourth-order valence-electron chi connectivity index (χ4n) is 1.05. The van der Waals surface area contributed by atoms with Crippen molar-refractivity contribution >= 4 is 5.91 Å². The second kappa shape index (κ2) is 4.96. The van der Waals surface area contributed by atoms with Crippen LogP contribution in [-0.4, -0.2) is 10.9 Å². The molecule has 0 spiro atoms. The molecule has 1 aromatic heterocycles. The van der Waals surface area contributed by atoms with Gasteiger partial charge in [0, 0.05) is 6.42 Å². The molecule has 6 heteroatoms. The fourth-order valence-corrected chi connectivity index (χ4v) is 1.05. The maximum atomic E-state index is 12.3. The first-order valence-electron chi connectivity index (χ1n) is 4.73. The summed E-state index contributed by atoms with van der Waals surface area (Å²) < 4.78 is 36.8. The molecule has 1 amide bonds. The lowest BCUT2D eigenvalue weighted by atomic mass is 10.3. The van der Waals surface area contributed by atoms with E-state index in [9.17, 15) is 18.0 Å².